The van der Waals surface area contributed by atoms with Crippen LogP contribution in [0.3, 0.4) is 0 Å². The highest BCUT2D eigenvalue weighted by atomic mass is 35.5. The van der Waals surface area contributed by atoms with Crippen LogP contribution in [0.2, 0.25) is 10.0 Å². The second-order valence-corrected chi connectivity index (χ2v) is 6.38. The summed E-state index contributed by atoms with van der Waals surface area (Å²) in [6, 6.07) is 2.32. The van der Waals surface area contributed by atoms with E-state index in [1.54, 1.807) is 0 Å². The monoisotopic (exact) mass is 351 g/mol. The van der Waals surface area contributed by atoms with Crippen LogP contribution in [-0.2, 0) is 23.1 Å². The number of sulfonamides is 1. The molecule has 0 spiro atoms. The molecule has 0 saturated carbocycles. The largest absolute Gasteiger partial charge is 0.482 e. The lowest BCUT2D eigenvalue weighted by molar-refractivity contribution is 0.285. The van der Waals surface area contributed by atoms with Crippen LogP contribution in [0.4, 0.5) is 0 Å². The van der Waals surface area contributed by atoms with Gasteiger partial charge in [-0.05, 0) is 12.1 Å². The third-order valence-corrected chi connectivity index (χ3v) is 3.91. The van der Waals surface area contributed by atoms with E-state index >= 15 is 0 Å². The molecule has 0 aliphatic rings. The van der Waals surface area contributed by atoms with Crippen molar-refractivity contribution in [3.8, 4) is 5.75 Å². The van der Waals surface area contributed by atoms with E-state index in [0.29, 0.717) is 18.1 Å². The number of benzene rings is 1. The van der Waals surface area contributed by atoms with E-state index in [1.807, 2.05) is 6.92 Å². The molecule has 0 aliphatic carbocycles. The summed E-state index contributed by atoms with van der Waals surface area (Å²) in [6.07, 6.45) is 0.609. The number of hydrogen-bond acceptors (Lipinski definition) is 6. The molecule has 7 nitrogen and oxygen atoms in total. The smallest absolute Gasteiger partial charge is 0.238 e. The topological polar surface area (TPSA) is 108 Å². The first-order valence-electron chi connectivity index (χ1n) is 5.77. The Morgan fingerprint density at radius 1 is 1.33 bits per heavy atom. The molecule has 0 aliphatic heterocycles. The Balaban J connectivity index is 2.21. The van der Waals surface area contributed by atoms with Crippen LogP contribution < -0.4 is 9.88 Å². The van der Waals surface area contributed by atoms with Crippen molar-refractivity contribution in [2.75, 3.05) is 0 Å². The number of aromatic nitrogens is 2. The minimum atomic E-state index is -3.90. The Kier molecular flexibility index (Phi) is 4.72. The molecule has 0 radical (unpaired) electrons. The normalized spacial score (nSPS) is 11.6. The zero-order valence-corrected chi connectivity index (χ0v) is 13.2. The first-order valence-corrected chi connectivity index (χ1v) is 8.07. The molecule has 1 aromatic heterocycles. The van der Waals surface area contributed by atoms with Crippen molar-refractivity contribution in [1.29, 1.82) is 0 Å². The van der Waals surface area contributed by atoms with E-state index in [1.165, 1.54) is 0 Å². The highest BCUT2D eigenvalue weighted by molar-refractivity contribution is 7.89. The molecule has 0 amide bonds. The molecule has 21 heavy (non-hydrogen) atoms. The number of primary sulfonamides is 1. The Morgan fingerprint density at radius 3 is 2.43 bits per heavy atom. The third-order valence-electron chi connectivity index (χ3n) is 2.46. The maximum Gasteiger partial charge on any atom is 0.238 e. The summed E-state index contributed by atoms with van der Waals surface area (Å²) in [5, 5.41) is 8.75. The fraction of sp³-hybridized carbons (Fsp3) is 0.273. The minimum absolute atomic E-state index is 0.0162. The summed E-state index contributed by atoms with van der Waals surface area (Å²) >= 11 is 11.9. The second-order valence-electron chi connectivity index (χ2n) is 4.01. The maximum absolute atomic E-state index is 11.3. The zero-order chi connectivity index (χ0) is 15.6. The molecule has 0 saturated heterocycles. The van der Waals surface area contributed by atoms with Gasteiger partial charge in [-0.15, -0.1) is 0 Å². The molecule has 0 unspecified atom stereocenters. The summed E-state index contributed by atoms with van der Waals surface area (Å²) in [5.41, 5.74) is 0. The van der Waals surface area contributed by atoms with Gasteiger partial charge in [0, 0.05) is 6.42 Å². The van der Waals surface area contributed by atoms with Crippen LogP contribution in [0.1, 0.15) is 18.6 Å². The van der Waals surface area contributed by atoms with E-state index in [2.05, 4.69) is 10.1 Å². The molecule has 2 rings (SSSR count). The highest BCUT2D eigenvalue weighted by Gasteiger charge is 2.16. The van der Waals surface area contributed by atoms with Crippen LogP contribution in [0.5, 0.6) is 5.75 Å². The van der Waals surface area contributed by atoms with Crippen LogP contribution in [0.15, 0.2) is 21.6 Å². The number of aryl methyl sites for hydroxylation is 1. The standard InChI is InChI=1S/C11H11Cl2N3O4S/c1-2-10-15-9(16-20-10)5-19-11-7(12)3-6(4-8(11)13)21(14,17)18/h3-4H,2,5H2,1H3,(H2,14,17,18). The molecule has 0 atom stereocenters. The van der Waals surface area contributed by atoms with Gasteiger partial charge in [-0.3, -0.25) is 0 Å². The molecule has 1 heterocycles. The van der Waals surface area contributed by atoms with Crippen molar-refractivity contribution in [3.63, 3.8) is 0 Å². The van der Waals surface area contributed by atoms with E-state index in [-0.39, 0.29) is 27.3 Å². The summed E-state index contributed by atoms with van der Waals surface area (Å²) in [6.45, 7) is 1.86. The zero-order valence-electron chi connectivity index (χ0n) is 10.8. The Bertz CT molecular complexity index is 738. The van der Waals surface area contributed by atoms with Crippen molar-refractivity contribution in [3.05, 3.63) is 33.9 Å². The molecule has 1 aromatic carbocycles. The van der Waals surface area contributed by atoms with Crippen LogP contribution in [0, 0.1) is 0 Å². The van der Waals surface area contributed by atoms with Crippen molar-refractivity contribution in [2.45, 2.75) is 24.8 Å². The number of halogens is 2. The van der Waals surface area contributed by atoms with Crippen molar-refractivity contribution in [2.24, 2.45) is 5.14 Å². The fourth-order valence-electron chi connectivity index (χ4n) is 1.47. The summed E-state index contributed by atoms with van der Waals surface area (Å²) in [5.74, 6) is 0.929. The quantitative estimate of drug-likeness (QED) is 0.883. The van der Waals surface area contributed by atoms with E-state index in [4.69, 9.17) is 37.6 Å². The van der Waals surface area contributed by atoms with Gasteiger partial charge < -0.3 is 9.26 Å². The minimum Gasteiger partial charge on any atom is -0.482 e. The average molecular weight is 352 g/mol. The van der Waals surface area contributed by atoms with Gasteiger partial charge in [0.05, 0.1) is 14.9 Å². The molecule has 2 aromatic rings. The summed E-state index contributed by atoms with van der Waals surface area (Å²) in [4.78, 5) is 3.86. The van der Waals surface area contributed by atoms with E-state index < -0.39 is 10.0 Å². The SMILES string of the molecule is CCc1nc(COc2c(Cl)cc(S(N)(=O)=O)cc2Cl)no1. The number of hydrogen-bond donors (Lipinski definition) is 1. The van der Waals surface area contributed by atoms with Gasteiger partial charge in [-0.1, -0.05) is 35.3 Å². The number of rotatable bonds is 5. The number of nitrogens with two attached hydrogens (primary N) is 1. The molecular weight excluding hydrogens is 341 g/mol. The Labute approximate surface area is 131 Å². The van der Waals surface area contributed by atoms with Crippen molar-refractivity contribution in [1.82, 2.24) is 10.1 Å². The average Bonchev–Trinajstić information content (AvgIpc) is 2.84. The molecule has 10 heteroatoms. The fourth-order valence-corrected chi connectivity index (χ4v) is 2.76. The molecule has 2 N–H and O–H groups in total. The summed E-state index contributed by atoms with van der Waals surface area (Å²) in [7, 11) is -3.90. The summed E-state index contributed by atoms with van der Waals surface area (Å²) < 4.78 is 32.8. The molecular formula is C11H11Cl2N3O4S. The van der Waals surface area contributed by atoms with Gasteiger partial charge in [-0.2, -0.15) is 4.98 Å². The molecule has 0 fully saturated rings. The number of nitrogens with zero attached hydrogens (tertiary/aromatic N) is 2. The lowest BCUT2D eigenvalue weighted by atomic mass is 10.3. The Morgan fingerprint density at radius 2 is 1.95 bits per heavy atom. The first-order chi connectivity index (χ1) is 9.81. The van der Waals surface area contributed by atoms with Gasteiger partial charge in [-0.25, -0.2) is 13.6 Å². The van der Waals surface area contributed by atoms with Gasteiger partial charge in [0.1, 0.15) is 0 Å². The Hall–Kier alpha value is -1.35. The van der Waals surface area contributed by atoms with Gasteiger partial charge >= 0.3 is 0 Å². The van der Waals surface area contributed by atoms with E-state index in [9.17, 15) is 8.42 Å². The highest BCUT2D eigenvalue weighted by Crippen LogP contribution is 2.35. The lowest BCUT2D eigenvalue weighted by Crippen LogP contribution is -2.12. The van der Waals surface area contributed by atoms with Crippen LogP contribution >= 0.6 is 23.2 Å². The second kappa shape index (κ2) is 6.18. The van der Waals surface area contributed by atoms with Gasteiger partial charge in [0.2, 0.25) is 21.7 Å². The predicted octanol–water partition coefficient (Wildman–Crippen LogP) is 2.17. The number of ether oxygens (including phenoxy) is 1. The van der Waals surface area contributed by atoms with Gasteiger partial charge in [0.15, 0.2) is 12.4 Å². The van der Waals surface area contributed by atoms with Crippen molar-refractivity contribution >= 4 is 33.2 Å². The first kappa shape index (κ1) is 16.0. The predicted molar refractivity (Wildman–Crippen MR) is 75.8 cm³/mol. The van der Waals surface area contributed by atoms with E-state index in [0.717, 1.165) is 12.1 Å². The lowest BCUT2D eigenvalue weighted by Gasteiger charge is -2.09. The van der Waals surface area contributed by atoms with Crippen LogP contribution in [0.25, 0.3) is 0 Å². The molecule has 0 bridgehead atoms. The van der Waals surface area contributed by atoms with Gasteiger partial charge in [0.25, 0.3) is 0 Å². The molecule has 114 valence electrons. The van der Waals surface area contributed by atoms with Crippen molar-refractivity contribution < 1.29 is 17.7 Å². The maximum atomic E-state index is 11.3. The van der Waals surface area contributed by atoms with Crippen LogP contribution in [-0.4, -0.2) is 18.6 Å². The third kappa shape index (κ3) is 3.85.